The summed E-state index contributed by atoms with van der Waals surface area (Å²) in [5.74, 6) is 1.27. The van der Waals surface area contributed by atoms with E-state index >= 15 is 0 Å². The Kier molecular flexibility index (Phi) is 7.06. The monoisotopic (exact) mass is 384 g/mol. The molecular weight excluding hydrogens is 352 g/mol. The minimum atomic E-state index is 0.201. The van der Waals surface area contributed by atoms with E-state index in [4.69, 9.17) is 4.98 Å². The molecule has 1 N–H and O–H groups in total. The largest absolute Gasteiger partial charge is 0.351 e. The van der Waals surface area contributed by atoms with E-state index < -0.39 is 0 Å². The second kappa shape index (κ2) is 9.50. The fourth-order valence-corrected chi connectivity index (χ4v) is 5.13. The predicted octanol–water partition coefficient (Wildman–Crippen LogP) is 6.04. The lowest BCUT2D eigenvalue weighted by Gasteiger charge is -2.27. The van der Waals surface area contributed by atoms with E-state index in [2.05, 4.69) is 43.4 Å². The van der Waals surface area contributed by atoms with Crippen molar-refractivity contribution in [3.63, 3.8) is 0 Å². The van der Waals surface area contributed by atoms with Crippen molar-refractivity contribution in [2.75, 3.05) is 0 Å². The molecule has 1 fully saturated rings. The Morgan fingerprint density at radius 1 is 1.19 bits per heavy atom. The number of thiazole rings is 1. The van der Waals surface area contributed by atoms with E-state index in [0.29, 0.717) is 6.54 Å². The van der Waals surface area contributed by atoms with Gasteiger partial charge in [0.2, 0.25) is 5.91 Å². The van der Waals surface area contributed by atoms with Gasteiger partial charge in [0, 0.05) is 16.4 Å². The van der Waals surface area contributed by atoms with Crippen molar-refractivity contribution >= 4 is 17.2 Å². The third kappa shape index (κ3) is 5.19. The third-order valence-corrected chi connectivity index (χ3v) is 7.07. The molecule has 0 saturated heterocycles. The van der Waals surface area contributed by atoms with Gasteiger partial charge in [-0.3, -0.25) is 4.79 Å². The number of carbonyl (C=O) groups excluding carboxylic acids is 1. The number of hydrogen-bond acceptors (Lipinski definition) is 3. The van der Waals surface area contributed by atoms with E-state index in [9.17, 15) is 4.79 Å². The van der Waals surface area contributed by atoms with Crippen molar-refractivity contribution in [1.29, 1.82) is 0 Å². The van der Waals surface area contributed by atoms with Gasteiger partial charge in [0.25, 0.3) is 0 Å². The van der Waals surface area contributed by atoms with Crippen LogP contribution in [-0.2, 0) is 11.3 Å². The molecule has 1 aromatic carbocycles. The summed E-state index contributed by atoms with van der Waals surface area (Å²) in [5.41, 5.74) is 3.46. The van der Waals surface area contributed by atoms with Gasteiger partial charge in [-0.05, 0) is 51.0 Å². The van der Waals surface area contributed by atoms with E-state index in [0.717, 1.165) is 29.5 Å². The first kappa shape index (κ1) is 20.1. The van der Waals surface area contributed by atoms with Crippen molar-refractivity contribution in [3.05, 3.63) is 40.4 Å². The first-order chi connectivity index (χ1) is 13.1. The summed E-state index contributed by atoms with van der Waals surface area (Å²) >= 11 is 1.70. The Balaban J connectivity index is 1.53. The molecule has 1 heterocycles. The maximum absolute atomic E-state index is 12.6. The lowest BCUT2D eigenvalue weighted by Crippen LogP contribution is -2.32. The number of unbranched alkanes of at least 4 members (excludes halogenated alkanes) is 1. The van der Waals surface area contributed by atoms with Crippen molar-refractivity contribution in [2.45, 2.75) is 72.3 Å². The van der Waals surface area contributed by atoms with Crippen LogP contribution in [0.2, 0.25) is 0 Å². The number of nitrogens with zero attached hydrogens (tertiary/aromatic N) is 1. The van der Waals surface area contributed by atoms with Gasteiger partial charge in [-0.1, -0.05) is 50.5 Å². The molecule has 0 unspecified atom stereocenters. The maximum Gasteiger partial charge on any atom is 0.223 e. The highest BCUT2D eigenvalue weighted by Crippen LogP contribution is 2.33. The molecule has 3 rings (SSSR count). The van der Waals surface area contributed by atoms with Gasteiger partial charge in [-0.25, -0.2) is 4.98 Å². The van der Waals surface area contributed by atoms with Crippen molar-refractivity contribution in [2.24, 2.45) is 11.8 Å². The van der Waals surface area contributed by atoms with E-state index in [1.165, 1.54) is 48.1 Å². The highest BCUT2D eigenvalue weighted by Gasteiger charge is 2.26. The molecule has 0 aliphatic heterocycles. The quantitative estimate of drug-likeness (QED) is 0.632. The van der Waals surface area contributed by atoms with Gasteiger partial charge in [-0.2, -0.15) is 0 Å². The molecule has 2 aromatic rings. The summed E-state index contributed by atoms with van der Waals surface area (Å²) < 4.78 is 0. The number of hydrogen-bond donors (Lipinski definition) is 1. The first-order valence-corrected chi connectivity index (χ1v) is 11.2. The Bertz CT molecular complexity index is 759. The van der Waals surface area contributed by atoms with E-state index in [1.54, 1.807) is 11.3 Å². The molecule has 27 heavy (non-hydrogen) atoms. The van der Waals surface area contributed by atoms with Gasteiger partial charge in [0.05, 0.1) is 12.2 Å². The topological polar surface area (TPSA) is 42.0 Å². The zero-order valence-electron chi connectivity index (χ0n) is 16.9. The van der Waals surface area contributed by atoms with Gasteiger partial charge in [0.15, 0.2) is 0 Å². The van der Waals surface area contributed by atoms with Crippen LogP contribution >= 0.6 is 11.3 Å². The molecule has 1 aromatic heterocycles. The molecule has 0 spiro atoms. The fourth-order valence-electron chi connectivity index (χ4n) is 4.04. The average molecular weight is 385 g/mol. The van der Waals surface area contributed by atoms with Crippen molar-refractivity contribution in [3.8, 4) is 10.6 Å². The van der Waals surface area contributed by atoms with Crippen LogP contribution in [0.15, 0.2) is 24.3 Å². The summed E-state index contributed by atoms with van der Waals surface area (Å²) in [7, 11) is 0. The molecular formula is C23H32N2OS. The molecule has 4 heteroatoms. The molecule has 1 aliphatic carbocycles. The van der Waals surface area contributed by atoms with Crippen LogP contribution in [0.5, 0.6) is 0 Å². The average Bonchev–Trinajstić information content (AvgIpc) is 3.05. The second-order valence-electron chi connectivity index (χ2n) is 7.92. The van der Waals surface area contributed by atoms with Crippen LogP contribution in [0, 0.1) is 25.7 Å². The molecule has 146 valence electrons. The number of benzene rings is 1. The SMILES string of the molecule is CCCCC1CCC(C(=O)NCc2sc(-c3ccccc3C)nc2C)CC1. The summed E-state index contributed by atoms with van der Waals surface area (Å²) in [6.45, 7) is 7.01. The Labute approximate surface area is 167 Å². The van der Waals surface area contributed by atoms with Crippen molar-refractivity contribution < 1.29 is 4.79 Å². The number of rotatable bonds is 7. The molecule has 0 bridgehead atoms. The molecule has 1 saturated carbocycles. The fraction of sp³-hybridized carbons (Fsp3) is 0.565. The van der Waals surface area contributed by atoms with E-state index in [1.807, 2.05) is 6.92 Å². The van der Waals surface area contributed by atoms with Crippen LogP contribution < -0.4 is 5.32 Å². The lowest BCUT2D eigenvalue weighted by molar-refractivity contribution is -0.126. The van der Waals surface area contributed by atoms with Crippen LogP contribution in [0.4, 0.5) is 0 Å². The number of nitrogens with one attached hydrogen (secondary N) is 1. The number of aromatic nitrogens is 1. The lowest BCUT2D eigenvalue weighted by atomic mass is 9.79. The van der Waals surface area contributed by atoms with Crippen LogP contribution in [0.1, 0.15) is 68.0 Å². The van der Waals surface area contributed by atoms with Gasteiger partial charge >= 0.3 is 0 Å². The number of aryl methyl sites for hydroxylation is 2. The number of amides is 1. The summed E-state index contributed by atoms with van der Waals surface area (Å²) in [4.78, 5) is 18.5. The highest BCUT2D eigenvalue weighted by atomic mass is 32.1. The summed E-state index contributed by atoms with van der Waals surface area (Å²) in [6.07, 6.45) is 8.48. The maximum atomic E-state index is 12.6. The third-order valence-electron chi connectivity index (χ3n) is 5.87. The Morgan fingerprint density at radius 2 is 1.93 bits per heavy atom. The Hall–Kier alpha value is -1.68. The Morgan fingerprint density at radius 3 is 2.63 bits per heavy atom. The molecule has 1 aliphatic rings. The standard InChI is InChI=1S/C23H32N2OS/c1-4-5-9-18-11-13-19(14-12-18)22(26)24-15-21-17(3)25-23(27-21)20-10-7-6-8-16(20)2/h6-8,10,18-19H,4-5,9,11-15H2,1-3H3,(H,24,26). The smallest absolute Gasteiger partial charge is 0.223 e. The van der Waals surface area contributed by atoms with Gasteiger partial charge in [-0.15, -0.1) is 11.3 Å². The van der Waals surface area contributed by atoms with Crippen molar-refractivity contribution in [1.82, 2.24) is 10.3 Å². The molecule has 1 amide bonds. The second-order valence-corrected chi connectivity index (χ2v) is 9.00. The highest BCUT2D eigenvalue weighted by molar-refractivity contribution is 7.15. The molecule has 0 atom stereocenters. The molecule has 3 nitrogen and oxygen atoms in total. The van der Waals surface area contributed by atoms with Gasteiger partial charge < -0.3 is 5.32 Å². The minimum Gasteiger partial charge on any atom is -0.351 e. The normalized spacial score (nSPS) is 19.8. The minimum absolute atomic E-state index is 0.201. The predicted molar refractivity (Wildman–Crippen MR) is 114 cm³/mol. The molecule has 0 radical (unpaired) electrons. The first-order valence-electron chi connectivity index (χ1n) is 10.4. The summed E-state index contributed by atoms with van der Waals surface area (Å²) in [5, 5.41) is 4.23. The summed E-state index contributed by atoms with van der Waals surface area (Å²) in [6, 6.07) is 8.34. The zero-order valence-corrected chi connectivity index (χ0v) is 17.7. The van der Waals surface area contributed by atoms with Crippen LogP contribution in [0.3, 0.4) is 0 Å². The van der Waals surface area contributed by atoms with Crippen LogP contribution in [0.25, 0.3) is 10.6 Å². The number of carbonyl (C=O) groups is 1. The van der Waals surface area contributed by atoms with Gasteiger partial charge in [0.1, 0.15) is 5.01 Å². The zero-order chi connectivity index (χ0) is 19.2. The van der Waals surface area contributed by atoms with Crippen LogP contribution in [-0.4, -0.2) is 10.9 Å². The van der Waals surface area contributed by atoms with E-state index in [-0.39, 0.29) is 11.8 Å².